The van der Waals surface area contributed by atoms with Gasteiger partial charge in [-0.25, -0.2) is 8.78 Å². The van der Waals surface area contributed by atoms with E-state index in [4.69, 9.17) is 0 Å². The minimum Gasteiger partial charge on any atom is -0.309 e. The zero-order chi connectivity index (χ0) is 11.4. The normalized spacial score (nSPS) is 30.0. The van der Waals surface area contributed by atoms with Crippen molar-refractivity contribution in [3.63, 3.8) is 0 Å². The van der Waals surface area contributed by atoms with Crippen LogP contribution in [-0.2, 0) is 0 Å². The van der Waals surface area contributed by atoms with Crippen molar-refractivity contribution in [2.45, 2.75) is 69.8 Å². The standard InChI is InChI=1S/C13H23F2N/c14-13(15,12-9-5-6-10-16-12)11-7-3-1-2-4-8-11/h11-12,16H,1-10H2. The molecule has 1 unspecified atom stereocenters. The molecule has 0 radical (unpaired) electrons. The van der Waals surface area contributed by atoms with Crippen molar-refractivity contribution in [1.29, 1.82) is 0 Å². The molecule has 2 rings (SSSR count). The molecule has 1 saturated heterocycles. The van der Waals surface area contributed by atoms with Gasteiger partial charge in [-0.3, -0.25) is 0 Å². The van der Waals surface area contributed by atoms with Crippen molar-refractivity contribution < 1.29 is 8.78 Å². The molecule has 0 spiro atoms. The SMILES string of the molecule is FC(F)(C1CCCCCC1)C1CCCCN1. The van der Waals surface area contributed by atoms with E-state index < -0.39 is 12.0 Å². The molecule has 1 atom stereocenters. The summed E-state index contributed by atoms with van der Waals surface area (Å²) in [6.07, 6.45) is 8.40. The lowest BCUT2D eigenvalue weighted by Crippen LogP contribution is -2.51. The molecule has 1 nitrogen and oxygen atoms in total. The maximum Gasteiger partial charge on any atom is 0.265 e. The molecule has 0 aromatic heterocycles. The van der Waals surface area contributed by atoms with Gasteiger partial charge in [0.05, 0.1) is 6.04 Å². The van der Waals surface area contributed by atoms with Gasteiger partial charge in [-0.1, -0.05) is 32.1 Å². The number of nitrogens with one attached hydrogen (secondary N) is 1. The van der Waals surface area contributed by atoms with E-state index in [0.717, 1.165) is 57.9 Å². The molecule has 1 heterocycles. The van der Waals surface area contributed by atoms with Gasteiger partial charge in [0.2, 0.25) is 0 Å². The van der Waals surface area contributed by atoms with E-state index in [1.54, 1.807) is 0 Å². The number of rotatable bonds is 2. The fourth-order valence-electron chi connectivity index (χ4n) is 3.13. The molecule has 16 heavy (non-hydrogen) atoms. The number of piperidine rings is 1. The van der Waals surface area contributed by atoms with E-state index >= 15 is 0 Å². The number of hydrogen-bond acceptors (Lipinski definition) is 1. The van der Waals surface area contributed by atoms with E-state index in [9.17, 15) is 8.78 Å². The van der Waals surface area contributed by atoms with Crippen LogP contribution < -0.4 is 5.32 Å². The van der Waals surface area contributed by atoms with Crippen LogP contribution >= 0.6 is 0 Å². The largest absolute Gasteiger partial charge is 0.309 e. The van der Waals surface area contributed by atoms with Crippen LogP contribution in [0.3, 0.4) is 0 Å². The first-order chi connectivity index (χ1) is 7.71. The zero-order valence-electron chi connectivity index (χ0n) is 9.98. The Labute approximate surface area is 97.0 Å². The smallest absolute Gasteiger partial charge is 0.265 e. The molecule has 2 aliphatic rings. The minimum atomic E-state index is -2.48. The third-order valence-electron chi connectivity index (χ3n) is 4.17. The predicted molar refractivity (Wildman–Crippen MR) is 61.8 cm³/mol. The highest BCUT2D eigenvalue weighted by molar-refractivity contribution is 4.91. The summed E-state index contributed by atoms with van der Waals surface area (Å²) in [4.78, 5) is 0. The summed E-state index contributed by atoms with van der Waals surface area (Å²) < 4.78 is 28.6. The highest BCUT2D eigenvalue weighted by Gasteiger charge is 2.46. The van der Waals surface area contributed by atoms with Gasteiger partial charge < -0.3 is 5.32 Å². The monoisotopic (exact) mass is 231 g/mol. The molecule has 1 aliphatic carbocycles. The van der Waals surface area contributed by atoms with Gasteiger partial charge in [-0.2, -0.15) is 0 Å². The first-order valence-electron chi connectivity index (χ1n) is 6.82. The summed E-state index contributed by atoms with van der Waals surface area (Å²) in [5.41, 5.74) is 0. The number of hydrogen-bond donors (Lipinski definition) is 1. The molecule has 1 N–H and O–H groups in total. The summed E-state index contributed by atoms with van der Waals surface area (Å²) in [6, 6.07) is -0.552. The zero-order valence-corrected chi connectivity index (χ0v) is 9.98. The van der Waals surface area contributed by atoms with Gasteiger partial charge in [0.15, 0.2) is 0 Å². The Morgan fingerprint density at radius 1 is 0.812 bits per heavy atom. The van der Waals surface area contributed by atoms with Gasteiger partial charge in [0.25, 0.3) is 5.92 Å². The lowest BCUT2D eigenvalue weighted by molar-refractivity contribution is -0.0998. The van der Waals surface area contributed by atoms with Crippen molar-refractivity contribution in [3.8, 4) is 0 Å². The molecule has 0 bridgehead atoms. The van der Waals surface area contributed by atoms with Crippen LogP contribution in [0.25, 0.3) is 0 Å². The molecule has 2 fully saturated rings. The third-order valence-corrected chi connectivity index (χ3v) is 4.17. The molecule has 0 aromatic carbocycles. The van der Waals surface area contributed by atoms with Crippen LogP contribution in [0.1, 0.15) is 57.8 Å². The van der Waals surface area contributed by atoms with Gasteiger partial charge >= 0.3 is 0 Å². The van der Waals surface area contributed by atoms with Crippen LogP contribution in [0, 0.1) is 5.92 Å². The fourth-order valence-corrected chi connectivity index (χ4v) is 3.13. The highest BCUT2D eigenvalue weighted by Crippen LogP contribution is 2.39. The summed E-state index contributed by atoms with van der Waals surface area (Å²) in [5.74, 6) is -2.85. The van der Waals surface area contributed by atoms with E-state index in [0.29, 0.717) is 6.42 Å². The molecule has 94 valence electrons. The number of halogens is 2. The first kappa shape index (κ1) is 12.3. The molecule has 1 aliphatic heterocycles. The molecule has 1 saturated carbocycles. The Hall–Kier alpha value is -0.180. The van der Waals surface area contributed by atoms with Crippen LogP contribution in [0.15, 0.2) is 0 Å². The Balaban J connectivity index is 1.97. The quantitative estimate of drug-likeness (QED) is 0.714. The van der Waals surface area contributed by atoms with Gasteiger partial charge in [0.1, 0.15) is 0 Å². The van der Waals surface area contributed by atoms with E-state index in [1.165, 1.54) is 0 Å². The molecular weight excluding hydrogens is 208 g/mol. The highest BCUT2D eigenvalue weighted by atomic mass is 19.3. The second-order valence-corrected chi connectivity index (χ2v) is 5.37. The molecule has 0 amide bonds. The van der Waals surface area contributed by atoms with Crippen LogP contribution in [0.2, 0.25) is 0 Å². The van der Waals surface area contributed by atoms with Crippen LogP contribution in [0.4, 0.5) is 8.78 Å². The van der Waals surface area contributed by atoms with Crippen molar-refractivity contribution in [2.24, 2.45) is 5.92 Å². The van der Waals surface area contributed by atoms with Crippen molar-refractivity contribution in [1.82, 2.24) is 5.32 Å². The fraction of sp³-hybridized carbons (Fsp3) is 1.00. The van der Waals surface area contributed by atoms with Gasteiger partial charge in [-0.15, -0.1) is 0 Å². The second kappa shape index (κ2) is 5.44. The second-order valence-electron chi connectivity index (χ2n) is 5.37. The van der Waals surface area contributed by atoms with Crippen LogP contribution in [-0.4, -0.2) is 18.5 Å². The lowest BCUT2D eigenvalue weighted by atomic mass is 9.85. The Morgan fingerprint density at radius 2 is 1.44 bits per heavy atom. The minimum absolute atomic E-state index is 0.370. The van der Waals surface area contributed by atoms with E-state index in [-0.39, 0.29) is 5.92 Å². The summed E-state index contributed by atoms with van der Waals surface area (Å²) in [6.45, 7) is 0.771. The average Bonchev–Trinajstić information content (AvgIpc) is 2.59. The van der Waals surface area contributed by atoms with E-state index in [2.05, 4.69) is 5.32 Å². The van der Waals surface area contributed by atoms with Crippen LogP contribution in [0.5, 0.6) is 0 Å². The molecule has 0 aromatic rings. The summed E-state index contributed by atoms with van der Waals surface area (Å²) >= 11 is 0. The molecular formula is C13H23F2N. The van der Waals surface area contributed by atoms with Crippen molar-refractivity contribution >= 4 is 0 Å². The Morgan fingerprint density at radius 3 is 2.00 bits per heavy atom. The Bertz CT molecular complexity index is 204. The predicted octanol–water partition coefficient (Wildman–Crippen LogP) is 3.73. The summed E-state index contributed by atoms with van der Waals surface area (Å²) in [7, 11) is 0. The molecule has 3 heteroatoms. The Kier molecular flexibility index (Phi) is 4.17. The maximum atomic E-state index is 14.3. The third kappa shape index (κ3) is 2.73. The number of alkyl halides is 2. The van der Waals surface area contributed by atoms with Gasteiger partial charge in [0, 0.05) is 5.92 Å². The first-order valence-corrected chi connectivity index (χ1v) is 6.82. The van der Waals surface area contributed by atoms with Crippen molar-refractivity contribution in [3.05, 3.63) is 0 Å². The van der Waals surface area contributed by atoms with Gasteiger partial charge in [-0.05, 0) is 32.2 Å². The maximum absolute atomic E-state index is 14.3. The topological polar surface area (TPSA) is 12.0 Å². The average molecular weight is 231 g/mol. The summed E-state index contributed by atoms with van der Waals surface area (Å²) in [5, 5.41) is 3.03. The van der Waals surface area contributed by atoms with E-state index in [1.807, 2.05) is 0 Å². The lowest BCUT2D eigenvalue weighted by Gasteiger charge is -2.36. The van der Waals surface area contributed by atoms with Crippen molar-refractivity contribution in [2.75, 3.05) is 6.54 Å².